The van der Waals surface area contributed by atoms with Crippen molar-refractivity contribution in [3.8, 4) is 0 Å². The maximum atomic E-state index is 3.89. The number of H-pyrrole nitrogens is 1. The van der Waals surface area contributed by atoms with E-state index < -0.39 is 0 Å². The van der Waals surface area contributed by atoms with Gasteiger partial charge in [-0.1, -0.05) is 0 Å². The van der Waals surface area contributed by atoms with Crippen LogP contribution in [0.4, 0.5) is 0 Å². The van der Waals surface area contributed by atoms with Gasteiger partial charge in [-0.15, -0.1) is 0 Å². The molecule has 0 saturated carbocycles. The van der Waals surface area contributed by atoms with Gasteiger partial charge in [-0.3, -0.25) is 5.10 Å². The van der Waals surface area contributed by atoms with Crippen molar-refractivity contribution in [3.05, 3.63) is 42.2 Å². The molecule has 0 atom stereocenters. The molecular weight excluding hydrogens is 164 g/mol. The first-order chi connectivity index (χ1) is 6.29. The van der Waals surface area contributed by atoms with E-state index in [0.29, 0.717) is 0 Å². The van der Waals surface area contributed by atoms with Crippen molar-refractivity contribution < 1.29 is 0 Å². The van der Waals surface area contributed by atoms with E-state index in [1.54, 1.807) is 18.5 Å². The zero-order valence-corrected chi connectivity index (χ0v) is 7.73. The molecule has 2 rings (SSSR count). The fourth-order valence-electron chi connectivity index (χ4n) is 0.808. The Bertz CT molecular complexity index is 285. The van der Waals surface area contributed by atoms with Gasteiger partial charge >= 0.3 is 0 Å². The first-order valence-electron chi connectivity index (χ1n) is 3.97. The molecule has 2 heterocycles. The number of aromatic nitrogens is 4. The van der Waals surface area contributed by atoms with Crippen LogP contribution in [0.15, 0.2) is 30.9 Å². The summed E-state index contributed by atoms with van der Waals surface area (Å²) >= 11 is 0. The number of rotatable bonds is 0. The predicted octanol–water partition coefficient (Wildman–Crippen LogP) is 1.50. The normalized spacial score (nSPS) is 8.77. The molecule has 2 aromatic heterocycles. The maximum Gasteiger partial charge on any atom is 0.115 e. The number of nitrogens with one attached hydrogen (secondary N) is 1. The van der Waals surface area contributed by atoms with E-state index in [1.165, 1.54) is 6.33 Å². The van der Waals surface area contributed by atoms with E-state index in [1.807, 2.05) is 19.9 Å². The molecule has 0 fully saturated rings. The van der Waals surface area contributed by atoms with Gasteiger partial charge in [0, 0.05) is 18.1 Å². The Morgan fingerprint density at radius 1 is 1.15 bits per heavy atom. The topological polar surface area (TPSA) is 54.5 Å². The number of aryl methyl sites for hydroxylation is 2. The van der Waals surface area contributed by atoms with Gasteiger partial charge in [-0.05, 0) is 26.0 Å². The molecule has 0 aliphatic heterocycles. The van der Waals surface area contributed by atoms with Crippen LogP contribution in [0.25, 0.3) is 0 Å². The molecule has 0 spiro atoms. The third-order valence-corrected chi connectivity index (χ3v) is 1.31. The van der Waals surface area contributed by atoms with Gasteiger partial charge in [0.15, 0.2) is 0 Å². The van der Waals surface area contributed by atoms with Gasteiger partial charge in [0.05, 0.1) is 5.69 Å². The third kappa shape index (κ3) is 4.00. The second-order valence-corrected chi connectivity index (χ2v) is 2.60. The highest BCUT2D eigenvalue weighted by atomic mass is 15.1. The van der Waals surface area contributed by atoms with E-state index in [4.69, 9.17) is 0 Å². The summed E-state index contributed by atoms with van der Waals surface area (Å²) in [6.07, 6.45) is 4.88. The average molecular weight is 176 g/mol. The van der Waals surface area contributed by atoms with Crippen LogP contribution < -0.4 is 0 Å². The number of hydrogen-bond donors (Lipinski definition) is 1. The van der Waals surface area contributed by atoms with Gasteiger partial charge in [0.2, 0.25) is 0 Å². The van der Waals surface area contributed by atoms with Crippen molar-refractivity contribution in [1.29, 1.82) is 0 Å². The number of aromatic amines is 1. The summed E-state index contributed by atoms with van der Waals surface area (Å²) in [7, 11) is 0. The first-order valence-corrected chi connectivity index (χ1v) is 3.97. The van der Waals surface area contributed by atoms with Crippen LogP contribution in [-0.2, 0) is 0 Å². The van der Waals surface area contributed by atoms with Gasteiger partial charge in [0.1, 0.15) is 6.33 Å². The molecule has 0 radical (unpaired) electrons. The molecule has 68 valence electrons. The van der Waals surface area contributed by atoms with Crippen LogP contribution in [0, 0.1) is 13.8 Å². The smallest absolute Gasteiger partial charge is 0.115 e. The van der Waals surface area contributed by atoms with Gasteiger partial charge in [-0.25, -0.2) is 9.97 Å². The Balaban J connectivity index is 0.000000132. The second-order valence-electron chi connectivity index (χ2n) is 2.60. The Morgan fingerprint density at radius 2 is 1.85 bits per heavy atom. The van der Waals surface area contributed by atoms with Crippen LogP contribution in [-0.4, -0.2) is 20.2 Å². The largest absolute Gasteiger partial charge is 0.283 e. The molecule has 2 aromatic rings. The SMILES string of the molecule is Cc1cc(C)[nH]n1.c1cncnc1. The van der Waals surface area contributed by atoms with Crippen molar-refractivity contribution in [1.82, 2.24) is 20.2 Å². The van der Waals surface area contributed by atoms with Crippen LogP contribution in [0.3, 0.4) is 0 Å². The molecule has 1 N–H and O–H groups in total. The fraction of sp³-hybridized carbons (Fsp3) is 0.222. The molecule has 0 aliphatic rings. The lowest BCUT2D eigenvalue weighted by molar-refractivity contribution is 1.02. The molecule has 0 aromatic carbocycles. The molecule has 13 heavy (non-hydrogen) atoms. The maximum absolute atomic E-state index is 3.89. The molecule has 4 nitrogen and oxygen atoms in total. The molecule has 0 bridgehead atoms. The van der Waals surface area contributed by atoms with Crippen molar-refractivity contribution in [2.45, 2.75) is 13.8 Å². The average Bonchev–Trinajstić information content (AvgIpc) is 2.54. The summed E-state index contributed by atoms with van der Waals surface area (Å²) in [5, 5.41) is 6.71. The van der Waals surface area contributed by atoms with Crippen molar-refractivity contribution in [3.63, 3.8) is 0 Å². The van der Waals surface area contributed by atoms with Crippen molar-refractivity contribution in [2.24, 2.45) is 0 Å². The Morgan fingerprint density at radius 3 is 2.00 bits per heavy atom. The summed E-state index contributed by atoms with van der Waals surface area (Å²) in [5.74, 6) is 0. The Kier molecular flexibility index (Phi) is 3.63. The minimum absolute atomic E-state index is 1.05. The summed E-state index contributed by atoms with van der Waals surface area (Å²) in [6, 6.07) is 3.78. The third-order valence-electron chi connectivity index (χ3n) is 1.31. The molecular formula is C9H12N4. The molecule has 0 amide bonds. The molecule has 0 aliphatic carbocycles. The monoisotopic (exact) mass is 176 g/mol. The number of hydrogen-bond acceptors (Lipinski definition) is 3. The summed E-state index contributed by atoms with van der Waals surface area (Å²) < 4.78 is 0. The van der Waals surface area contributed by atoms with Gasteiger partial charge in [0.25, 0.3) is 0 Å². The minimum atomic E-state index is 1.05. The highest BCUT2D eigenvalue weighted by Crippen LogP contribution is 1.92. The van der Waals surface area contributed by atoms with Crippen LogP contribution in [0.2, 0.25) is 0 Å². The fourth-order valence-corrected chi connectivity index (χ4v) is 0.808. The highest BCUT2D eigenvalue weighted by Gasteiger charge is 1.84. The Labute approximate surface area is 77.1 Å². The summed E-state index contributed by atoms with van der Waals surface area (Å²) in [5.41, 5.74) is 2.18. The van der Waals surface area contributed by atoms with E-state index in [2.05, 4.69) is 20.2 Å². The number of nitrogens with zero attached hydrogens (tertiary/aromatic N) is 3. The quantitative estimate of drug-likeness (QED) is 0.661. The van der Waals surface area contributed by atoms with Crippen molar-refractivity contribution >= 4 is 0 Å². The summed E-state index contributed by atoms with van der Waals surface area (Å²) in [6.45, 7) is 3.95. The second kappa shape index (κ2) is 5.03. The summed E-state index contributed by atoms with van der Waals surface area (Å²) in [4.78, 5) is 7.35. The van der Waals surface area contributed by atoms with Crippen molar-refractivity contribution in [2.75, 3.05) is 0 Å². The lowest BCUT2D eigenvalue weighted by Crippen LogP contribution is -1.68. The van der Waals surface area contributed by atoms with E-state index in [-0.39, 0.29) is 0 Å². The standard InChI is InChI=1S/C5H8N2.C4H4N2/c1-4-3-5(2)7-6-4;1-2-5-4-6-3-1/h3H,1-2H3,(H,6,7);1-4H. The van der Waals surface area contributed by atoms with Crippen LogP contribution in [0.1, 0.15) is 11.4 Å². The molecule has 0 unspecified atom stereocenters. The minimum Gasteiger partial charge on any atom is -0.283 e. The van der Waals surface area contributed by atoms with E-state index >= 15 is 0 Å². The zero-order chi connectivity index (χ0) is 9.52. The van der Waals surface area contributed by atoms with E-state index in [9.17, 15) is 0 Å². The highest BCUT2D eigenvalue weighted by molar-refractivity contribution is 5.03. The van der Waals surface area contributed by atoms with E-state index in [0.717, 1.165) is 11.4 Å². The van der Waals surface area contributed by atoms with Gasteiger partial charge in [-0.2, -0.15) is 5.10 Å². The van der Waals surface area contributed by atoms with Gasteiger partial charge < -0.3 is 0 Å². The molecule has 4 heteroatoms. The van der Waals surface area contributed by atoms with Crippen LogP contribution in [0.5, 0.6) is 0 Å². The molecule has 0 saturated heterocycles. The zero-order valence-electron chi connectivity index (χ0n) is 7.73. The lowest BCUT2D eigenvalue weighted by atomic mass is 10.4. The lowest BCUT2D eigenvalue weighted by Gasteiger charge is -1.70. The first kappa shape index (κ1) is 9.38. The Hall–Kier alpha value is -1.71. The van der Waals surface area contributed by atoms with Crippen LogP contribution >= 0.6 is 0 Å². The predicted molar refractivity (Wildman–Crippen MR) is 50.1 cm³/mol.